The van der Waals surface area contributed by atoms with E-state index in [1.54, 1.807) is 6.08 Å². The summed E-state index contributed by atoms with van der Waals surface area (Å²) >= 11 is 3.51. The van der Waals surface area contributed by atoms with E-state index in [9.17, 15) is 4.79 Å². The fourth-order valence-corrected chi connectivity index (χ4v) is 4.09. The van der Waals surface area contributed by atoms with E-state index in [0.717, 1.165) is 26.7 Å². The number of halogens is 1. The number of rotatable bonds is 5. The lowest BCUT2D eigenvalue weighted by atomic mass is 10.1. The molecular formula is C25H19BrO6. The summed E-state index contributed by atoms with van der Waals surface area (Å²) in [6.45, 7) is 0.687. The van der Waals surface area contributed by atoms with Gasteiger partial charge in [0, 0.05) is 27.2 Å². The summed E-state index contributed by atoms with van der Waals surface area (Å²) in [5.74, 6) is 1.58. The van der Waals surface area contributed by atoms with Crippen molar-refractivity contribution in [2.45, 2.75) is 19.5 Å². The average Bonchev–Trinajstić information content (AvgIpc) is 3.29. The van der Waals surface area contributed by atoms with Crippen LogP contribution in [0.1, 0.15) is 28.5 Å². The summed E-state index contributed by atoms with van der Waals surface area (Å²) in [6.07, 6.45) is 2.56. The maximum absolute atomic E-state index is 12.3. The van der Waals surface area contributed by atoms with Crippen LogP contribution in [-0.4, -0.2) is 12.8 Å². The third kappa shape index (κ3) is 4.49. The van der Waals surface area contributed by atoms with E-state index in [2.05, 4.69) is 15.9 Å². The van der Waals surface area contributed by atoms with Crippen molar-refractivity contribution in [2.75, 3.05) is 6.79 Å². The van der Waals surface area contributed by atoms with Gasteiger partial charge in [0.25, 0.3) is 0 Å². The van der Waals surface area contributed by atoms with Crippen molar-refractivity contribution in [3.8, 4) is 17.2 Å². The lowest BCUT2D eigenvalue weighted by Crippen LogP contribution is -2.19. The largest absolute Gasteiger partial charge is 0.460 e. The molecule has 32 heavy (non-hydrogen) atoms. The molecule has 7 heteroatoms. The van der Waals surface area contributed by atoms with Gasteiger partial charge in [-0.05, 0) is 35.9 Å². The molecular weight excluding hydrogens is 476 g/mol. The molecule has 0 radical (unpaired) electrons. The molecule has 0 aliphatic carbocycles. The van der Waals surface area contributed by atoms with E-state index in [1.807, 2.05) is 60.7 Å². The minimum Gasteiger partial charge on any atom is -0.460 e. The van der Waals surface area contributed by atoms with Gasteiger partial charge in [-0.1, -0.05) is 52.3 Å². The molecule has 1 atom stereocenters. The Morgan fingerprint density at radius 2 is 1.91 bits per heavy atom. The average molecular weight is 495 g/mol. The third-order valence-corrected chi connectivity index (χ3v) is 5.53. The highest BCUT2D eigenvalue weighted by molar-refractivity contribution is 9.10. The number of hydrogen-bond acceptors (Lipinski definition) is 6. The number of carbonyl (C=O) groups is 1. The second kappa shape index (κ2) is 9.06. The highest BCUT2D eigenvalue weighted by atomic mass is 79.9. The zero-order valence-corrected chi connectivity index (χ0v) is 18.5. The van der Waals surface area contributed by atoms with Crippen LogP contribution in [0, 0.1) is 0 Å². The van der Waals surface area contributed by atoms with Crippen molar-refractivity contribution >= 4 is 28.0 Å². The first-order valence-corrected chi connectivity index (χ1v) is 10.8. The van der Waals surface area contributed by atoms with E-state index in [1.165, 1.54) is 6.08 Å². The minimum absolute atomic E-state index is 0.0770. The Balaban J connectivity index is 1.27. The molecule has 5 rings (SSSR count). The van der Waals surface area contributed by atoms with E-state index >= 15 is 0 Å². The van der Waals surface area contributed by atoms with Gasteiger partial charge in [0.05, 0.1) is 6.61 Å². The maximum Gasteiger partial charge on any atom is 0.331 e. The molecule has 0 bridgehead atoms. The standard InChI is InChI=1S/C25H19BrO6/c26-20-11-18(24-19(12-20)14-29-25(32-24)17-4-2-1-3-5-17)13-28-23(27)9-7-16-6-8-21-22(10-16)31-15-30-21/h1-12,25H,13-15H2/b9-7+/t25-/m0/s1. The highest BCUT2D eigenvalue weighted by Gasteiger charge is 2.25. The molecule has 2 heterocycles. The minimum atomic E-state index is -0.509. The van der Waals surface area contributed by atoms with Crippen molar-refractivity contribution in [1.29, 1.82) is 0 Å². The number of hydrogen-bond donors (Lipinski definition) is 0. The first kappa shape index (κ1) is 20.6. The second-order valence-electron chi connectivity index (χ2n) is 7.28. The number of ether oxygens (including phenoxy) is 5. The predicted molar refractivity (Wildman–Crippen MR) is 120 cm³/mol. The molecule has 0 aromatic heterocycles. The monoisotopic (exact) mass is 494 g/mol. The van der Waals surface area contributed by atoms with Crippen LogP contribution < -0.4 is 14.2 Å². The van der Waals surface area contributed by atoms with Crippen LogP contribution in [0.25, 0.3) is 6.08 Å². The van der Waals surface area contributed by atoms with Crippen LogP contribution in [-0.2, 0) is 27.5 Å². The predicted octanol–water partition coefficient (Wildman–Crippen LogP) is 5.54. The van der Waals surface area contributed by atoms with Crippen molar-refractivity contribution in [2.24, 2.45) is 0 Å². The fraction of sp³-hybridized carbons (Fsp3) is 0.160. The zero-order valence-electron chi connectivity index (χ0n) is 17.0. The van der Waals surface area contributed by atoms with Crippen molar-refractivity contribution < 1.29 is 28.5 Å². The molecule has 2 aliphatic rings. The van der Waals surface area contributed by atoms with Gasteiger partial charge in [-0.25, -0.2) is 4.79 Å². The normalized spacial score (nSPS) is 16.5. The smallest absolute Gasteiger partial charge is 0.331 e. The molecule has 162 valence electrons. The van der Waals surface area contributed by atoms with Gasteiger partial charge in [0.1, 0.15) is 12.4 Å². The lowest BCUT2D eigenvalue weighted by molar-refractivity contribution is -0.139. The summed E-state index contributed by atoms with van der Waals surface area (Å²) in [7, 11) is 0. The number of fused-ring (bicyclic) bond motifs is 2. The number of esters is 1. The molecule has 3 aromatic carbocycles. The first-order valence-electron chi connectivity index (χ1n) is 10.0. The van der Waals surface area contributed by atoms with Crippen LogP contribution in [0.4, 0.5) is 0 Å². The van der Waals surface area contributed by atoms with Gasteiger partial charge >= 0.3 is 5.97 Å². The summed E-state index contributed by atoms with van der Waals surface area (Å²) in [5.41, 5.74) is 3.41. The van der Waals surface area contributed by atoms with Gasteiger partial charge in [-0.15, -0.1) is 0 Å². The van der Waals surface area contributed by atoms with Crippen molar-refractivity contribution in [3.63, 3.8) is 0 Å². The molecule has 6 nitrogen and oxygen atoms in total. The maximum atomic E-state index is 12.3. The zero-order chi connectivity index (χ0) is 21.9. The van der Waals surface area contributed by atoms with Crippen LogP contribution in [0.5, 0.6) is 17.2 Å². The molecule has 0 spiro atoms. The fourth-order valence-electron chi connectivity index (χ4n) is 3.54. The van der Waals surface area contributed by atoms with E-state index < -0.39 is 12.3 Å². The molecule has 0 unspecified atom stereocenters. The Kier molecular flexibility index (Phi) is 5.83. The molecule has 0 fully saturated rings. The molecule has 0 N–H and O–H groups in total. The van der Waals surface area contributed by atoms with Crippen LogP contribution >= 0.6 is 15.9 Å². The van der Waals surface area contributed by atoms with E-state index in [4.69, 9.17) is 23.7 Å². The summed E-state index contributed by atoms with van der Waals surface area (Å²) in [6, 6.07) is 19.0. The molecule has 0 amide bonds. The van der Waals surface area contributed by atoms with Gasteiger partial charge in [-0.3, -0.25) is 0 Å². The summed E-state index contributed by atoms with van der Waals surface area (Å²) in [5, 5.41) is 0. The molecule has 0 saturated carbocycles. The van der Waals surface area contributed by atoms with Gasteiger partial charge in [-0.2, -0.15) is 0 Å². The summed E-state index contributed by atoms with van der Waals surface area (Å²) < 4.78 is 29.0. The van der Waals surface area contributed by atoms with Crippen molar-refractivity contribution in [3.05, 3.63) is 93.5 Å². The van der Waals surface area contributed by atoms with E-state index in [0.29, 0.717) is 23.9 Å². The Morgan fingerprint density at radius 3 is 2.78 bits per heavy atom. The van der Waals surface area contributed by atoms with Gasteiger partial charge in [0.2, 0.25) is 13.1 Å². The lowest BCUT2D eigenvalue weighted by Gasteiger charge is -2.28. The van der Waals surface area contributed by atoms with Gasteiger partial charge < -0.3 is 23.7 Å². The number of benzene rings is 3. The number of carbonyl (C=O) groups excluding carboxylic acids is 1. The molecule has 3 aromatic rings. The first-order chi connectivity index (χ1) is 15.7. The van der Waals surface area contributed by atoms with Crippen LogP contribution in [0.3, 0.4) is 0 Å². The summed E-state index contributed by atoms with van der Waals surface area (Å²) in [4.78, 5) is 12.3. The Bertz CT molecular complexity index is 1170. The Morgan fingerprint density at radius 1 is 1.06 bits per heavy atom. The molecule has 2 aliphatic heterocycles. The van der Waals surface area contributed by atoms with Crippen molar-refractivity contribution in [1.82, 2.24) is 0 Å². The third-order valence-electron chi connectivity index (χ3n) is 5.07. The second-order valence-corrected chi connectivity index (χ2v) is 8.19. The van der Waals surface area contributed by atoms with Crippen LogP contribution in [0.2, 0.25) is 0 Å². The SMILES string of the molecule is O=C(/C=C/c1ccc2c(c1)OCO2)OCc1cc(Br)cc2c1O[C@@H](c1ccccc1)OC2. The highest BCUT2D eigenvalue weighted by Crippen LogP contribution is 2.38. The topological polar surface area (TPSA) is 63.2 Å². The van der Waals surface area contributed by atoms with Gasteiger partial charge in [0.15, 0.2) is 11.5 Å². The molecule has 0 saturated heterocycles. The van der Waals surface area contributed by atoms with Crippen LogP contribution in [0.15, 0.2) is 71.2 Å². The van der Waals surface area contributed by atoms with E-state index in [-0.39, 0.29) is 13.4 Å². The Hall–Kier alpha value is -3.29. The Labute approximate surface area is 193 Å². The quantitative estimate of drug-likeness (QED) is 0.342.